The molecule has 2 aromatic rings. The predicted molar refractivity (Wildman–Crippen MR) is 73.2 cm³/mol. The minimum absolute atomic E-state index is 0.211. The van der Waals surface area contributed by atoms with Crippen molar-refractivity contribution in [3.63, 3.8) is 0 Å². The molecule has 0 amide bonds. The first-order valence-corrected chi connectivity index (χ1v) is 6.76. The van der Waals surface area contributed by atoms with Crippen molar-refractivity contribution in [2.24, 2.45) is 0 Å². The van der Waals surface area contributed by atoms with Crippen molar-refractivity contribution >= 4 is 40.3 Å². The zero-order valence-corrected chi connectivity index (χ0v) is 11.8. The molecule has 2 heterocycles. The van der Waals surface area contributed by atoms with E-state index >= 15 is 0 Å². The highest BCUT2D eigenvalue weighted by atomic mass is 35.5. The summed E-state index contributed by atoms with van der Waals surface area (Å²) in [6, 6.07) is 3.20. The maximum atomic E-state index is 12.2. The average molecular weight is 302 g/mol. The molecule has 0 aromatic carbocycles. The summed E-state index contributed by atoms with van der Waals surface area (Å²) in [6.07, 6.45) is 3.04. The Morgan fingerprint density at radius 1 is 1.39 bits per heavy atom. The van der Waals surface area contributed by atoms with Gasteiger partial charge >= 0.3 is 0 Å². The van der Waals surface area contributed by atoms with Gasteiger partial charge in [0.1, 0.15) is 10.1 Å². The number of nitrogens with zero attached hydrogens (tertiary/aromatic N) is 1. The number of pyridine rings is 1. The first-order valence-electron chi connectivity index (χ1n) is 5.19. The average Bonchev–Trinajstić information content (AvgIpc) is 2.68. The third-order valence-electron chi connectivity index (χ3n) is 2.19. The lowest BCUT2D eigenvalue weighted by atomic mass is 10.1. The molecule has 18 heavy (non-hydrogen) atoms. The van der Waals surface area contributed by atoms with E-state index in [9.17, 15) is 4.79 Å². The Kier molecular flexibility index (Phi) is 4.22. The quantitative estimate of drug-likeness (QED) is 0.799. The molecule has 0 saturated carbocycles. The molecule has 0 N–H and O–H groups in total. The van der Waals surface area contributed by atoms with Crippen LogP contribution in [-0.4, -0.2) is 17.4 Å². The summed E-state index contributed by atoms with van der Waals surface area (Å²) in [5.74, 6) is 0.345. The normalized spacial score (nSPS) is 10.4. The largest absolute Gasteiger partial charge is 0.492 e. The minimum Gasteiger partial charge on any atom is -0.492 e. The van der Waals surface area contributed by atoms with Crippen molar-refractivity contribution in [1.82, 2.24) is 4.98 Å². The zero-order chi connectivity index (χ0) is 13.1. The fourth-order valence-electron chi connectivity index (χ4n) is 1.44. The molecular formula is C12H9Cl2NO2S. The second-order valence-electron chi connectivity index (χ2n) is 3.41. The summed E-state index contributed by atoms with van der Waals surface area (Å²) in [4.78, 5) is 16.2. The third kappa shape index (κ3) is 2.83. The van der Waals surface area contributed by atoms with Gasteiger partial charge in [-0.05, 0) is 19.1 Å². The molecule has 0 unspecified atom stereocenters. The molecule has 3 nitrogen and oxygen atoms in total. The standard InChI is InChI=1S/C12H9Cl2NO2S/c1-2-17-8-3-7(5-15-6-8)11(16)9-4-10(13)18-12(9)14/h3-6H,2H2,1H3. The van der Waals surface area contributed by atoms with E-state index in [4.69, 9.17) is 27.9 Å². The number of halogens is 2. The molecule has 0 atom stereocenters. The van der Waals surface area contributed by atoms with Crippen LogP contribution in [0.3, 0.4) is 0 Å². The number of rotatable bonds is 4. The molecule has 0 fully saturated rings. The second-order valence-corrected chi connectivity index (χ2v) is 5.69. The highest BCUT2D eigenvalue weighted by Gasteiger charge is 2.17. The Morgan fingerprint density at radius 2 is 2.17 bits per heavy atom. The molecule has 0 spiro atoms. The van der Waals surface area contributed by atoms with E-state index in [0.29, 0.717) is 32.2 Å². The Morgan fingerprint density at radius 3 is 2.78 bits per heavy atom. The lowest BCUT2D eigenvalue weighted by Gasteiger charge is -2.04. The molecule has 0 aliphatic heterocycles. The molecule has 0 radical (unpaired) electrons. The highest BCUT2D eigenvalue weighted by molar-refractivity contribution is 7.20. The maximum Gasteiger partial charge on any atom is 0.197 e. The molecule has 6 heteroatoms. The zero-order valence-electron chi connectivity index (χ0n) is 9.44. The Bertz CT molecular complexity index is 583. The van der Waals surface area contributed by atoms with Crippen molar-refractivity contribution in [1.29, 1.82) is 0 Å². The highest BCUT2D eigenvalue weighted by Crippen LogP contribution is 2.32. The number of thiophene rings is 1. The van der Waals surface area contributed by atoms with Gasteiger partial charge in [0.05, 0.1) is 22.7 Å². The minimum atomic E-state index is -0.211. The van der Waals surface area contributed by atoms with Crippen LogP contribution in [0.15, 0.2) is 24.5 Å². The van der Waals surface area contributed by atoms with E-state index in [-0.39, 0.29) is 5.78 Å². The second kappa shape index (κ2) is 5.69. The van der Waals surface area contributed by atoms with Crippen LogP contribution in [0.5, 0.6) is 5.75 Å². The first-order chi connectivity index (χ1) is 8.61. The van der Waals surface area contributed by atoms with Crippen LogP contribution in [0.2, 0.25) is 8.67 Å². The molecule has 0 aliphatic carbocycles. The predicted octanol–water partition coefficient (Wildman–Crippen LogP) is 4.08. The number of hydrogen-bond acceptors (Lipinski definition) is 4. The number of ketones is 1. The van der Waals surface area contributed by atoms with Gasteiger partial charge < -0.3 is 4.74 Å². The molecule has 2 aromatic heterocycles. The van der Waals surface area contributed by atoms with Crippen LogP contribution in [0.25, 0.3) is 0 Å². The smallest absolute Gasteiger partial charge is 0.197 e. The fraction of sp³-hybridized carbons (Fsp3) is 0.167. The van der Waals surface area contributed by atoms with Crippen LogP contribution in [0, 0.1) is 0 Å². The molecule has 0 aliphatic rings. The van der Waals surface area contributed by atoms with Gasteiger partial charge in [0.25, 0.3) is 0 Å². The van der Waals surface area contributed by atoms with E-state index in [0.717, 1.165) is 0 Å². The molecule has 94 valence electrons. The fourth-order valence-corrected chi connectivity index (χ4v) is 2.90. The molecule has 0 saturated heterocycles. The van der Waals surface area contributed by atoms with E-state index in [2.05, 4.69) is 4.98 Å². The van der Waals surface area contributed by atoms with Gasteiger partial charge in [-0.2, -0.15) is 0 Å². The van der Waals surface area contributed by atoms with Crippen molar-refractivity contribution in [3.05, 3.63) is 44.3 Å². The first kappa shape index (κ1) is 13.3. The van der Waals surface area contributed by atoms with E-state index in [1.165, 1.54) is 17.5 Å². The summed E-state index contributed by atoms with van der Waals surface area (Å²) in [6.45, 7) is 2.38. The van der Waals surface area contributed by atoms with E-state index in [1.54, 1.807) is 18.3 Å². The van der Waals surface area contributed by atoms with E-state index < -0.39 is 0 Å². The maximum absolute atomic E-state index is 12.2. The van der Waals surface area contributed by atoms with Crippen LogP contribution in [0.4, 0.5) is 0 Å². The number of carbonyl (C=O) groups excluding carboxylic acids is 1. The van der Waals surface area contributed by atoms with Crippen molar-refractivity contribution in [2.45, 2.75) is 6.92 Å². The lowest BCUT2D eigenvalue weighted by Crippen LogP contribution is -2.02. The van der Waals surface area contributed by atoms with Crippen molar-refractivity contribution in [3.8, 4) is 5.75 Å². The topological polar surface area (TPSA) is 39.2 Å². The summed E-state index contributed by atoms with van der Waals surface area (Å²) >= 11 is 12.9. The summed E-state index contributed by atoms with van der Waals surface area (Å²) < 4.78 is 6.16. The third-order valence-corrected chi connectivity index (χ3v) is 3.68. The van der Waals surface area contributed by atoms with Gasteiger partial charge in [-0.3, -0.25) is 9.78 Å². The van der Waals surface area contributed by atoms with Crippen LogP contribution in [0.1, 0.15) is 22.8 Å². The van der Waals surface area contributed by atoms with Crippen LogP contribution in [-0.2, 0) is 0 Å². The van der Waals surface area contributed by atoms with Gasteiger partial charge in [-0.15, -0.1) is 11.3 Å². The number of carbonyl (C=O) groups is 1. The van der Waals surface area contributed by atoms with Gasteiger partial charge in [-0.25, -0.2) is 0 Å². The number of hydrogen-bond donors (Lipinski definition) is 0. The number of aromatic nitrogens is 1. The van der Waals surface area contributed by atoms with Crippen molar-refractivity contribution in [2.75, 3.05) is 6.61 Å². The van der Waals surface area contributed by atoms with Gasteiger partial charge in [0.15, 0.2) is 5.78 Å². The monoisotopic (exact) mass is 301 g/mol. The SMILES string of the molecule is CCOc1cncc(C(=O)c2cc(Cl)sc2Cl)c1. The number of ether oxygens (including phenoxy) is 1. The van der Waals surface area contributed by atoms with E-state index in [1.807, 2.05) is 6.92 Å². The lowest BCUT2D eigenvalue weighted by molar-refractivity contribution is 0.103. The van der Waals surface area contributed by atoms with Gasteiger partial charge in [-0.1, -0.05) is 23.2 Å². The van der Waals surface area contributed by atoms with Gasteiger partial charge in [0.2, 0.25) is 0 Å². The summed E-state index contributed by atoms with van der Waals surface area (Å²) in [5.41, 5.74) is 0.819. The van der Waals surface area contributed by atoms with Crippen LogP contribution >= 0.6 is 34.5 Å². The Balaban J connectivity index is 2.34. The molecule has 2 rings (SSSR count). The van der Waals surface area contributed by atoms with Crippen molar-refractivity contribution < 1.29 is 9.53 Å². The molecular weight excluding hydrogens is 293 g/mol. The van der Waals surface area contributed by atoms with Crippen LogP contribution < -0.4 is 4.74 Å². The Hall–Kier alpha value is -1.10. The summed E-state index contributed by atoms with van der Waals surface area (Å²) in [5, 5.41) is 0. The summed E-state index contributed by atoms with van der Waals surface area (Å²) in [7, 11) is 0. The van der Waals surface area contributed by atoms with Gasteiger partial charge in [0, 0.05) is 11.8 Å². The Labute approximate surface area is 118 Å². The molecule has 0 bridgehead atoms.